The molecule has 0 spiro atoms. The average molecular weight is 855 g/mol. The molecule has 10 fully saturated rings. The number of carboxylic acid groups (broad SMARTS) is 1. The molecule has 12 rings (SSSR count). The molecule has 330 valence electrons. The number of rotatable bonds is 15. The van der Waals surface area contributed by atoms with Crippen LogP contribution in [0, 0.1) is 69.5 Å². The average Bonchev–Trinajstić information content (AvgIpc) is 3.75. The van der Waals surface area contributed by atoms with Crippen molar-refractivity contribution in [1.29, 1.82) is 0 Å². The number of carbonyl (C=O) groups is 6. The van der Waals surface area contributed by atoms with E-state index in [1.807, 2.05) is 25.1 Å². The van der Waals surface area contributed by atoms with Gasteiger partial charge in [0, 0.05) is 28.7 Å². The third-order valence-corrected chi connectivity index (χ3v) is 18.7. The van der Waals surface area contributed by atoms with E-state index in [1.165, 1.54) is 5.56 Å². The number of ketones is 2. The minimum absolute atomic E-state index is 0.0103. The lowest BCUT2D eigenvalue weighted by Gasteiger charge is -3.11. The molecule has 1 saturated heterocycles. The Kier molecular flexibility index (Phi) is 8.72. The van der Waals surface area contributed by atoms with Crippen LogP contribution in [-0.2, 0) is 49.5 Å². The number of carbonyl (C=O) groups excluding carboxylic acids is 5. The van der Waals surface area contributed by atoms with Gasteiger partial charge in [0.25, 0.3) is 0 Å². The molecule has 8 N–H and O–H groups in total. The first kappa shape index (κ1) is 40.5. The molecule has 62 heavy (non-hydrogen) atoms. The van der Waals surface area contributed by atoms with Crippen molar-refractivity contribution < 1.29 is 58.4 Å². The van der Waals surface area contributed by atoms with Crippen molar-refractivity contribution in [3.05, 3.63) is 59.2 Å². The minimum atomic E-state index is -1.42. The molecule has 11 aliphatic rings. The summed E-state index contributed by atoms with van der Waals surface area (Å²) in [5, 5.41) is 39.8. The smallest absolute Gasteiger partial charge is 0.303 e. The monoisotopic (exact) mass is 854 g/mol. The molecule has 0 unspecified atom stereocenters. The molecule has 10 atom stereocenters. The van der Waals surface area contributed by atoms with Gasteiger partial charge < -0.3 is 40.7 Å². The minimum Gasteiger partial charge on any atom is -0.481 e. The van der Waals surface area contributed by atoms with Crippen molar-refractivity contribution in [1.82, 2.24) is 16.0 Å². The second kappa shape index (κ2) is 13.4. The number of hydrogen-bond acceptors (Lipinski definition) is 12. The Morgan fingerprint density at radius 1 is 1.00 bits per heavy atom. The quantitative estimate of drug-likeness (QED) is 0.121. The van der Waals surface area contributed by atoms with Crippen LogP contribution in [0.1, 0.15) is 69.8 Å². The van der Waals surface area contributed by atoms with Crippen LogP contribution in [0.3, 0.4) is 0 Å². The molecule has 1 aliphatic heterocycles. The second-order valence-corrected chi connectivity index (χ2v) is 20.6. The van der Waals surface area contributed by atoms with E-state index in [9.17, 15) is 44.1 Å². The summed E-state index contributed by atoms with van der Waals surface area (Å²) in [6.45, 7) is 2.62. The third kappa shape index (κ3) is 4.78. The van der Waals surface area contributed by atoms with E-state index in [0.717, 1.165) is 30.4 Å². The number of aliphatic carboxylic acids is 1. The predicted molar refractivity (Wildman–Crippen MR) is 213 cm³/mol. The van der Waals surface area contributed by atoms with Gasteiger partial charge in [0.05, 0.1) is 24.3 Å². The second-order valence-electron chi connectivity index (χ2n) is 20.6. The predicted octanol–water partition coefficient (Wildman–Crippen LogP) is 0.795. The van der Waals surface area contributed by atoms with E-state index in [1.54, 1.807) is 12.2 Å². The van der Waals surface area contributed by atoms with Crippen molar-refractivity contribution in [3.8, 4) is 0 Å². The highest BCUT2D eigenvalue weighted by Gasteiger charge is 3.09. The maximum absolute atomic E-state index is 14.0. The molecule has 3 amide bonds. The number of aliphatic hydroxyl groups excluding tert-OH is 2. The third-order valence-electron chi connectivity index (χ3n) is 18.7. The van der Waals surface area contributed by atoms with E-state index < -0.39 is 90.2 Å². The van der Waals surface area contributed by atoms with Gasteiger partial charge in [0.1, 0.15) is 19.3 Å². The van der Waals surface area contributed by atoms with Gasteiger partial charge in [-0.3, -0.25) is 33.6 Å². The molecule has 1 heterocycles. The molecule has 9 saturated carbocycles. The number of nitrogens with two attached hydrogens (primary N) is 1. The maximum Gasteiger partial charge on any atom is 0.303 e. The van der Waals surface area contributed by atoms with Crippen LogP contribution in [-0.4, -0.2) is 99.7 Å². The first-order valence-electron chi connectivity index (χ1n) is 22.2. The van der Waals surface area contributed by atoms with Crippen LogP contribution in [0.25, 0.3) is 0 Å². The molecule has 16 heteroatoms. The Labute approximate surface area is 357 Å². The molecular formula is C46H54N4O12. The lowest BCUT2D eigenvalue weighted by Crippen LogP contribution is -3.15. The Hall–Kier alpha value is -4.32. The molecule has 0 radical (unpaired) electrons. The van der Waals surface area contributed by atoms with Gasteiger partial charge in [-0.25, -0.2) is 5.90 Å². The topological polar surface area (TPSA) is 253 Å². The number of nitrogens with one attached hydrogen (secondary N) is 3. The summed E-state index contributed by atoms with van der Waals surface area (Å²) in [6.07, 6.45) is 6.10. The summed E-state index contributed by atoms with van der Waals surface area (Å²) < 4.78 is 13.5. The zero-order chi connectivity index (χ0) is 43.5. The van der Waals surface area contributed by atoms with Crippen LogP contribution in [0.2, 0.25) is 0 Å². The number of allylic oxidation sites excluding steroid dienone is 4. The number of Topliss-reactive ketones (excluding diaryl/α,β-unsaturated/α-hetero) is 1. The van der Waals surface area contributed by atoms with Gasteiger partial charge in [-0.05, 0) is 109 Å². The largest absolute Gasteiger partial charge is 0.481 e. The van der Waals surface area contributed by atoms with Crippen LogP contribution < -0.4 is 21.8 Å². The molecule has 1 aromatic carbocycles. The van der Waals surface area contributed by atoms with Crippen LogP contribution in [0.15, 0.2) is 48.1 Å². The van der Waals surface area contributed by atoms with E-state index in [0.29, 0.717) is 48.3 Å². The van der Waals surface area contributed by atoms with Crippen LogP contribution in [0.4, 0.5) is 0 Å². The van der Waals surface area contributed by atoms with Crippen molar-refractivity contribution in [3.63, 3.8) is 0 Å². The highest BCUT2D eigenvalue weighted by molar-refractivity contribution is 6.01. The Morgan fingerprint density at radius 2 is 1.71 bits per heavy atom. The van der Waals surface area contributed by atoms with Gasteiger partial charge in [-0.2, -0.15) is 0 Å². The zero-order valence-electron chi connectivity index (χ0n) is 34.7. The summed E-state index contributed by atoms with van der Waals surface area (Å²) in [4.78, 5) is 79.7. The van der Waals surface area contributed by atoms with E-state index in [2.05, 4.69) is 39.8 Å². The summed E-state index contributed by atoms with van der Waals surface area (Å²) in [5.74, 6) is 4.33. The fourth-order valence-corrected chi connectivity index (χ4v) is 16.7. The van der Waals surface area contributed by atoms with Gasteiger partial charge in [-0.15, -0.1) is 0 Å². The normalized spacial score (nSPS) is 46.3. The van der Waals surface area contributed by atoms with Crippen molar-refractivity contribution >= 4 is 35.3 Å². The SMILES string of the molecule is C[C@]12C=CC(=O)C=C1CC[C@@H]1[C@@H]2[C@@H](O)C[C@@]2(C)[C@H]1C[C@H]1O[C@@H](c3ccc(CC45C6C7C4C4C5C6C74NC(=O)[C@H](CCC(=O)O)NC(=O)CNC(=O)CON)cc3)O[C@]12C(=O)CO. The molecule has 16 nitrogen and oxygen atoms in total. The van der Waals surface area contributed by atoms with Gasteiger partial charge in [0.15, 0.2) is 23.5 Å². The first-order valence-corrected chi connectivity index (χ1v) is 22.2. The number of ether oxygens (including phenoxy) is 2. The summed E-state index contributed by atoms with van der Waals surface area (Å²) in [7, 11) is 0. The maximum atomic E-state index is 14.0. The Balaban J connectivity index is 0.741. The number of fused-ring (bicyclic) bond motifs is 7. The lowest BCUT2D eigenvalue weighted by atomic mass is 8.94. The Morgan fingerprint density at radius 3 is 2.37 bits per heavy atom. The number of aliphatic hydroxyl groups is 2. The zero-order valence-corrected chi connectivity index (χ0v) is 34.7. The molecule has 1 aromatic rings. The fourth-order valence-electron chi connectivity index (χ4n) is 16.7. The standard InChI is InChI=1S/C46H54N4O12/c1-42-12-11-23(52)13-22(42)7-8-24-25-14-29-46(28(54)18-51,43(25,2)16-27(53)33(24)42)62-41(61-29)21-5-3-20(4-6-21)15-44-34-37-35(44)39-36(44)38(34)45(37,39)50-40(59)26(9-10-32(57)58)49-30(55)17-48-31(56)19-60-47/h3-6,11-13,24-27,29,33-39,41,51,53H,7-10,14-19,47H2,1-2H3,(H,48,56)(H,49,55)(H,50,59)(H,57,58)/t24-,25-,26-,27-,29+,33+,34?,35?,36?,37?,38?,39?,41+,42-,43-,44?,45?,46+/m0/s1. The summed E-state index contributed by atoms with van der Waals surface area (Å²) >= 11 is 0. The summed E-state index contributed by atoms with van der Waals surface area (Å²) in [5.41, 5.74) is 0.305. The van der Waals surface area contributed by atoms with Crippen molar-refractivity contribution in [2.24, 2.45) is 75.4 Å². The number of carboxylic acids is 1. The fraction of sp³-hybridized carbons (Fsp3) is 0.652. The highest BCUT2D eigenvalue weighted by atomic mass is 16.7. The highest BCUT2D eigenvalue weighted by Crippen LogP contribution is 3.07. The lowest BCUT2D eigenvalue weighted by molar-refractivity contribution is -0.624. The van der Waals surface area contributed by atoms with E-state index >= 15 is 0 Å². The van der Waals surface area contributed by atoms with Crippen LogP contribution in [0.5, 0.6) is 0 Å². The molecular weight excluding hydrogens is 801 g/mol. The van der Waals surface area contributed by atoms with Crippen molar-refractivity contribution in [2.45, 2.75) is 94.5 Å². The molecule has 0 aromatic heterocycles. The molecule has 10 aliphatic carbocycles. The van der Waals surface area contributed by atoms with Crippen LogP contribution >= 0.6 is 0 Å². The van der Waals surface area contributed by atoms with Gasteiger partial charge in [0.2, 0.25) is 17.7 Å². The molecule has 0 bridgehead atoms. The van der Waals surface area contributed by atoms with Gasteiger partial charge in [-0.1, -0.05) is 49.8 Å². The van der Waals surface area contributed by atoms with E-state index in [4.69, 9.17) is 15.4 Å². The van der Waals surface area contributed by atoms with Gasteiger partial charge >= 0.3 is 5.97 Å². The Bertz CT molecular complexity index is 2210. The first-order chi connectivity index (χ1) is 29.6. The summed E-state index contributed by atoms with van der Waals surface area (Å²) in [6, 6.07) is 7.16. The number of benzene rings is 1. The number of hydrogen-bond donors (Lipinski definition) is 7. The van der Waals surface area contributed by atoms with Crippen molar-refractivity contribution in [2.75, 3.05) is 19.8 Å². The van der Waals surface area contributed by atoms with E-state index in [-0.39, 0.29) is 47.3 Å². The number of amides is 3.